The third-order valence-corrected chi connectivity index (χ3v) is 3.78. The number of ketones is 1. The molecule has 0 aromatic heterocycles. The lowest BCUT2D eigenvalue weighted by Crippen LogP contribution is -2.41. The van der Waals surface area contributed by atoms with Gasteiger partial charge in [0, 0.05) is 6.42 Å². The van der Waals surface area contributed by atoms with Gasteiger partial charge < -0.3 is 5.11 Å². The predicted octanol–water partition coefficient (Wildman–Crippen LogP) is 3.30. The molecule has 2 rings (SSSR count). The number of hydrogen-bond acceptors (Lipinski definition) is 2. The Balaban J connectivity index is 2.12. The first-order valence-electron chi connectivity index (χ1n) is 6.63. The number of allylic oxidation sites excluding steroid dienone is 1. The van der Waals surface area contributed by atoms with Crippen LogP contribution in [-0.4, -0.2) is 16.9 Å². The summed E-state index contributed by atoms with van der Waals surface area (Å²) in [6, 6.07) is 9.69. The highest BCUT2D eigenvalue weighted by atomic mass is 16.4. The highest BCUT2D eigenvalue weighted by Gasteiger charge is 2.45. The average molecular weight is 258 g/mol. The molecule has 0 aliphatic heterocycles. The second kappa shape index (κ2) is 5.83. The van der Waals surface area contributed by atoms with Crippen molar-refractivity contribution in [1.82, 2.24) is 0 Å². The van der Waals surface area contributed by atoms with Gasteiger partial charge in [-0.1, -0.05) is 48.9 Å². The van der Waals surface area contributed by atoms with Crippen molar-refractivity contribution < 1.29 is 14.7 Å². The van der Waals surface area contributed by atoms with Gasteiger partial charge in [0.25, 0.3) is 0 Å². The number of carboxylic acid groups (broad SMARTS) is 1. The molecule has 0 amide bonds. The van der Waals surface area contributed by atoms with Crippen LogP contribution in [0.4, 0.5) is 0 Å². The van der Waals surface area contributed by atoms with E-state index in [1.807, 2.05) is 42.5 Å². The highest BCUT2D eigenvalue weighted by Crippen LogP contribution is 2.37. The van der Waals surface area contributed by atoms with Gasteiger partial charge in [-0.3, -0.25) is 9.59 Å². The van der Waals surface area contributed by atoms with Crippen molar-refractivity contribution in [3.8, 4) is 0 Å². The van der Waals surface area contributed by atoms with E-state index in [0.29, 0.717) is 12.8 Å². The standard InChI is InChI=1S/C16H18O3/c17-14-10-4-5-11-16(14,15(18)19)12-6-9-13-7-2-1-3-8-13/h1-3,6-9H,4-5,10-12H2,(H,18,19)/b9-6+. The van der Waals surface area contributed by atoms with Crippen molar-refractivity contribution in [3.05, 3.63) is 42.0 Å². The molecule has 1 N–H and O–H groups in total. The molecule has 1 aromatic rings. The maximum absolute atomic E-state index is 12.0. The van der Waals surface area contributed by atoms with Crippen molar-refractivity contribution in [2.24, 2.45) is 5.41 Å². The maximum atomic E-state index is 12.0. The number of aliphatic carboxylic acids is 1. The van der Waals surface area contributed by atoms with Crippen LogP contribution in [0.3, 0.4) is 0 Å². The number of carboxylic acids is 1. The molecular formula is C16H18O3. The quantitative estimate of drug-likeness (QED) is 0.843. The van der Waals surface area contributed by atoms with E-state index < -0.39 is 11.4 Å². The monoisotopic (exact) mass is 258 g/mol. The van der Waals surface area contributed by atoms with Gasteiger partial charge in [-0.15, -0.1) is 0 Å². The molecule has 0 bridgehead atoms. The van der Waals surface area contributed by atoms with Crippen LogP contribution in [0.1, 0.15) is 37.7 Å². The molecular weight excluding hydrogens is 240 g/mol. The Hall–Kier alpha value is -1.90. The summed E-state index contributed by atoms with van der Waals surface area (Å²) in [7, 11) is 0. The zero-order chi connectivity index (χ0) is 13.7. The molecule has 1 saturated carbocycles. The van der Waals surface area contributed by atoms with E-state index in [2.05, 4.69) is 0 Å². The van der Waals surface area contributed by atoms with Gasteiger partial charge in [-0.2, -0.15) is 0 Å². The van der Waals surface area contributed by atoms with E-state index in [1.165, 1.54) is 0 Å². The van der Waals surface area contributed by atoms with Crippen molar-refractivity contribution in [1.29, 1.82) is 0 Å². The average Bonchev–Trinajstić information content (AvgIpc) is 2.42. The third-order valence-electron chi connectivity index (χ3n) is 3.78. The lowest BCUT2D eigenvalue weighted by molar-refractivity contribution is -0.156. The van der Waals surface area contributed by atoms with Crippen LogP contribution >= 0.6 is 0 Å². The van der Waals surface area contributed by atoms with E-state index in [1.54, 1.807) is 0 Å². The number of benzene rings is 1. The normalized spacial score (nSPS) is 23.7. The number of Topliss-reactive ketones (excluding diaryl/α,β-unsaturated/α-hetero) is 1. The van der Waals surface area contributed by atoms with Gasteiger partial charge in [-0.25, -0.2) is 0 Å². The summed E-state index contributed by atoms with van der Waals surface area (Å²) in [5.74, 6) is -1.10. The fourth-order valence-electron chi connectivity index (χ4n) is 2.58. The summed E-state index contributed by atoms with van der Waals surface area (Å²) in [6.45, 7) is 0. The Bertz CT molecular complexity index is 490. The second-order valence-corrected chi connectivity index (χ2v) is 5.03. The molecule has 1 aliphatic carbocycles. The van der Waals surface area contributed by atoms with Gasteiger partial charge in [0.05, 0.1) is 0 Å². The van der Waals surface area contributed by atoms with Crippen LogP contribution in [0.15, 0.2) is 36.4 Å². The third kappa shape index (κ3) is 2.92. The van der Waals surface area contributed by atoms with Crippen molar-refractivity contribution in [2.45, 2.75) is 32.1 Å². The molecule has 0 heterocycles. The molecule has 1 unspecified atom stereocenters. The SMILES string of the molecule is O=C(O)C1(C/C=C/c2ccccc2)CCCCC1=O. The lowest BCUT2D eigenvalue weighted by atomic mass is 9.70. The fourth-order valence-corrected chi connectivity index (χ4v) is 2.58. The molecule has 3 heteroatoms. The zero-order valence-corrected chi connectivity index (χ0v) is 10.8. The van der Waals surface area contributed by atoms with Crippen LogP contribution in [0.5, 0.6) is 0 Å². The van der Waals surface area contributed by atoms with E-state index >= 15 is 0 Å². The molecule has 0 radical (unpaired) electrons. The minimum atomic E-state index is -1.19. The summed E-state index contributed by atoms with van der Waals surface area (Å²) < 4.78 is 0. The minimum absolute atomic E-state index is 0.121. The van der Waals surface area contributed by atoms with Gasteiger partial charge in [0.2, 0.25) is 0 Å². The number of rotatable bonds is 4. The molecule has 1 atom stereocenters. The summed E-state index contributed by atoms with van der Waals surface area (Å²) in [4.78, 5) is 23.5. The molecule has 3 nitrogen and oxygen atoms in total. The summed E-state index contributed by atoms with van der Waals surface area (Å²) in [6.07, 6.45) is 6.47. The first-order valence-corrected chi connectivity index (χ1v) is 6.63. The van der Waals surface area contributed by atoms with E-state index in [4.69, 9.17) is 0 Å². The van der Waals surface area contributed by atoms with Gasteiger partial charge in [-0.05, 0) is 24.8 Å². The van der Waals surface area contributed by atoms with Crippen LogP contribution < -0.4 is 0 Å². The fraction of sp³-hybridized carbons (Fsp3) is 0.375. The van der Waals surface area contributed by atoms with Gasteiger partial charge in [0.15, 0.2) is 0 Å². The maximum Gasteiger partial charge on any atom is 0.317 e. The van der Waals surface area contributed by atoms with E-state index in [-0.39, 0.29) is 12.2 Å². The Labute approximate surface area is 113 Å². The van der Waals surface area contributed by atoms with Gasteiger partial charge >= 0.3 is 5.97 Å². The smallest absolute Gasteiger partial charge is 0.317 e. The largest absolute Gasteiger partial charge is 0.480 e. The van der Waals surface area contributed by atoms with Gasteiger partial charge in [0.1, 0.15) is 11.2 Å². The minimum Gasteiger partial charge on any atom is -0.480 e. The topological polar surface area (TPSA) is 54.4 Å². The Kier molecular flexibility index (Phi) is 4.15. The van der Waals surface area contributed by atoms with Crippen molar-refractivity contribution in [2.75, 3.05) is 0 Å². The number of carbonyl (C=O) groups is 2. The first kappa shape index (κ1) is 13.5. The summed E-state index contributed by atoms with van der Waals surface area (Å²) >= 11 is 0. The van der Waals surface area contributed by atoms with Crippen LogP contribution in [-0.2, 0) is 9.59 Å². The highest BCUT2D eigenvalue weighted by molar-refractivity contribution is 6.03. The lowest BCUT2D eigenvalue weighted by Gasteiger charge is -2.30. The van der Waals surface area contributed by atoms with Crippen LogP contribution in [0.25, 0.3) is 6.08 Å². The number of carbonyl (C=O) groups excluding carboxylic acids is 1. The van der Waals surface area contributed by atoms with Crippen molar-refractivity contribution >= 4 is 17.8 Å². The molecule has 0 spiro atoms. The second-order valence-electron chi connectivity index (χ2n) is 5.03. The van der Waals surface area contributed by atoms with E-state index in [9.17, 15) is 14.7 Å². The summed E-state index contributed by atoms with van der Waals surface area (Å²) in [5.41, 5.74) is -0.171. The molecule has 1 aromatic carbocycles. The molecule has 1 fully saturated rings. The Morgan fingerprint density at radius 1 is 1.26 bits per heavy atom. The number of hydrogen-bond donors (Lipinski definition) is 1. The van der Waals surface area contributed by atoms with E-state index in [0.717, 1.165) is 18.4 Å². The molecule has 19 heavy (non-hydrogen) atoms. The Morgan fingerprint density at radius 3 is 2.63 bits per heavy atom. The Morgan fingerprint density at radius 2 is 2.00 bits per heavy atom. The first-order chi connectivity index (χ1) is 9.15. The van der Waals surface area contributed by atoms with Crippen LogP contribution in [0.2, 0.25) is 0 Å². The molecule has 100 valence electrons. The predicted molar refractivity (Wildman–Crippen MR) is 73.6 cm³/mol. The van der Waals surface area contributed by atoms with Crippen molar-refractivity contribution in [3.63, 3.8) is 0 Å². The van der Waals surface area contributed by atoms with Crippen LogP contribution in [0, 0.1) is 5.41 Å². The molecule has 1 aliphatic rings. The molecule has 0 saturated heterocycles. The summed E-state index contributed by atoms with van der Waals surface area (Å²) in [5, 5.41) is 9.40. The zero-order valence-electron chi connectivity index (χ0n) is 10.8.